The Morgan fingerprint density at radius 3 is 3.00 bits per heavy atom. The van der Waals surface area contributed by atoms with Gasteiger partial charge in [0.25, 0.3) is 0 Å². The molecule has 1 N–H and O–H groups in total. The van der Waals surface area contributed by atoms with Crippen LogP contribution in [0.25, 0.3) is 0 Å². The van der Waals surface area contributed by atoms with Crippen LogP contribution in [0, 0.1) is 6.92 Å². The van der Waals surface area contributed by atoms with Crippen LogP contribution in [0.2, 0.25) is 0 Å². The van der Waals surface area contributed by atoms with Crippen molar-refractivity contribution in [2.75, 3.05) is 5.32 Å². The highest BCUT2D eigenvalue weighted by molar-refractivity contribution is 9.10. The van der Waals surface area contributed by atoms with Crippen molar-refractivity contribution in [2.24, 2.45) is 0 Å². The van der Waals surface area contributed by atoms with E-state index in [1.54, 1.807) is 18.6 Å². The molecule has 2 aromatic rings. The molecule has 0 aliphatic carbocycles. The Morgan fingerprint density at radius 2 is 2.38 bits per heavy atom. The molecule has 0 aliphatic heterocycles. The zero-order valence-corrected chi connectivity index (χ0v) is 10.1. The van der Waals surface area contributed by atoms with Gasteiger partial charge in [0.2, 0.25) is 0 Å². The molecule has 2 heterocycles. The van der Waals surface area contributed by atoms with E-state index in [1.807, 2.05) is 13.0 Å². The minimum atomic E-state index is -0.263. The number of anilines is 1. The van der Waals surface area contributed by atoms with Gasteiger partial charge in [-0.05, 0) is 34.5 Å². The summed E-state index contributed by atoms with van der Waals surface area (Å²) in [7, 11) is 0. The number of amides is 1. The second-order valence-electron chi connectivity index (χ2n) is 3.23. The van der Waals surface area contributed by atoms with Crippen LogP contribution < -0.4 is 5.32 Å². The molecule has 0 fully saturated rings. The van der Waals surface area contributed by atoms with Crippen molar-refractivity contribution in [3.8, 4) is 0 Å². The Bertz CT molecular complexity index is 510. The first-order valence-electron chi connectivity index (χ1n) is 4.58. The number of imidazole rings is 1. The lowest BCUT2D eigenvalue weighted by Gasteiger charge is -2.06. The first-order chi connectivity index (χ1) is 7.66. The Hall–Kier alpha value is -1.69. The SMILES string of the molecule is Cc1cc(NC(=O)n2ccnc2)cnc1Br. The molecule has 6 heteroatoms. The maximum absolute atomic E-state index is 11.6. The van der Waals surface area contributed by atoms with E-state index in [-0.39, 0.29) is 6.03 Å². The number of carbonyl (C=O) groups is 1. The summed E-state index contributed by atoms with van der Waals surface area (Å²) in [5, 5.41) is 2.71. The van der Waals surface area contributed by atoms with Gasteiger partial charge in [-0.2, -0.15) is 0 Å². The van der Waals surface area contributed by atoms with Crippen LogP contribution >= 0.6 is 15.9 Å². The van der Waals surface area contributed by atoms with Gasteiger partial charge in [0.05, 0.1) is 11.9 Å². The number of aryl methyl sites for hydroxylation is 1. The van der Waals surface area contributed by atoms with Crippen LogP contribution in [0.15, 0.2) is 35.6 Å². The minimum absolute atomic E-state index is 0.263. The number of aromatic nitrogens is 3. The van der Waals surface area contributed by atoms with Gasteiger partial charge in [-0.1, -0.05) is 0 Å². The zero-order valence-electron chi connectivity index (χ0n) is 8.51. The molecule has 0 aromatic carbocycles. The molecule has 0 radical (unpaired) electrons. The number of hydrogen-bond acceptors (Lipinski definition) is 3. The monoisotopic (exact) mass is 280 g/mol. The number of nitrogens with one attached hydrogen (secondary N) is 1. The lowest BCUT2D eigenvalue weighted by Crippen LogP contribution is -2.17. The standard InChI is InChI=1S/C10H9BrN4O/c1-7-4-8(5-13-9(7)11)14-10(16)15-3-2-12-6-15/h2-6H,1H3,(H,14,16). The lowest BCUT2D eigenvalue weighted by atomic mass is 10.3. The lowest BCUT2D eigenvalue weighted by molar-refractivity contribution is 0.253. The van der Waals surface area contributed by atoms with Crippen LogP contribution in [-0.4, -0.2) is 20.6 Å². The number of hydrogen-bond donors (Lipinski definition) is 1. The van der Waals surface area contributed by atoms with E-state index in [0.29, 0.717) is 5.69 Å². The van der Waals surface area contributed by atoms with E-state index in [2.05, 4.69) is 31.2 Å². The summed E-state index contributed by atoms with van der Waals surface area (Å²) in [5.74, 6) is 0. The number of nitrogens with zero attached hydrogens (tertiary/aromatic N) is 3. The molecular formula is C10H9BrN4O. The molecule has 1 amide bonds. The maximum Gasteiger partial charge on any atom is 0.331 e. The fourth-order valence-corrected chi connectivity index (χ4v) is 1.41. The average Bonchev–Trinajstić information content (AvgIpc) is 2.77. The van der Waals surface area contributed by atoms with Crippen molar-refractivity contribution < 1.29 is 4.79 Å². The van der Waals surface area contributed by atoms with Crippen LogP contribution in [0.1, 0.15) is 5.56 Å². The number of carbonyl (C=O) groups excluding carboxylic acids is 1. The molecule has 16 heavy (non-hydrogen) atoms. The largest absolute Gasteiger partial charge is 0.331 e. The van der Waals surface area contributed by atoms with Crippen molar-refractivity contribution in [2.45, 2.75) is 6.92 Å². The van der Waals surface area contributed by atoms with Crippen molar-refractivity contribution in [3.63, 3.8) is 0 Å². The van der Waals surface area contributed by atoms with Crippen molar-refractivity contribution in [1.82, 2.24) is 14.5 Å². The van der Waals surface area contributed by atoms with Gasteiger partial charge in [0.1, 0.15) is 10.9 Å². The predicted molar refractivity (Wildman–Crippen MR) is 63.3 cm³/mol. The van der Waals surface area contributed by atoms with Crippen LogP contribution in [0.5, 0.6) is 0 Å². The summed E-state index contributed by atoms with van der Waals surface area (Å²) in [6.45, 7) is 1.91. The molecular weight excluding hydrogens is 272 g/mol. The Labute approximate surface area is 101 Å². The van der Waals surface area contributed by atoms with Crippen LogP contribution in [0.3, 0.4) is 0 Å². The second kappa shape index (κ2) is 4.44. The van der Waals surface area contributed by atoms with Gasteiger partial charge in [-0.15, -0.1) is 0 Å². The smallest absolute Gasteiger partial charge is 0.306 e. The molecule has 0 spiro atoms. The van der Waals surface area contributed by atoms with E-state index in [1.165, 1.54) is 10.9 Å². The molecule has 82 valence electrons. The summed E-state index contributed by atoms with van der Waals surface area (Å²) >= 11 is 3.30. The normalized spacial score (nSPS) is 10.1. The molecule has 0 atom stereocenters. The quantitative estimate of drug-likeness (QED) is 0.817. The van der Waals surface area contributed by atoms with Crippen LogP contribution in [-0.2, 0) is 0 Å². The van der Waals surface area contributed by atoms with Gasteiger partial charge in [-0.25, -0.2) is 14.8 Å². The number of pyridine rings is 1. The van der Waals surface area contributed by atoms with E-state index in [9.17, 15) is 4.79 Å². The van der Waals surface area contributed by atoms with Gasteiger partial charge in [0.15, 0.2) is 0 Å². The highest BCUT2D eigenvalue weighted by Gasteiger charge is 2.05. The van der Waals surface area contributed by atoms with E-state index in [0.717, 1.165) is 10.2 Å². The summed E-state index contributed by atoms with van der Waals surface area (Å²) in [5.41, 5.74) is 1.61. The fraction of sp³-hybridized carbons (Fsp3) is 0.100. The maximum atomic E-state index is 11.6. The molecule has 0 saturated heterocycles. The number of halogens is 1. The Morgan fingerprint density at radius 1 is 1.56 bits per heavy atom. The fourth-order valence-electron chi connectivity index (χ4n) is 1.19. The first-order valence-corrected chi connectivity index (χ1v) is 5.37. The number of rotatable bonds is 1. The van der Waals surface area contributed by atoms with Crippen molar-refractivity contribution >= 4 is 27.6 Å². The van der Waals surface area contributed by atoms with Gasteiger partial charge >= 0.3 is 6.03 Å². The van der Waals surface area contributed by atoms with Gasteiger partial charge < -0.3 is 5.32 Å². The van der Waals surface area contributed by atoms with Gasteiger partial charge in [-0.3, -0.25) is 4.57 Å². The molecule has 0 unspecified atom stereocenters. The third-order valence-corrected chi connectivity index (χ3v) is 2.83. The first kappa shape index (κ1) is 10.8. The topological polar surface area (TPSA) is 59.8 Å². The predicted octanol–water partition coefficient (Wildman–Crippen LogP) is 2.43. The van der Waals surface area contributed by atoms with E-state index >= 15 is 0 Å². The average molecular weight is 281 g/mol. The highest BCUT2D eigenvalue weighted by atomic mass is 79.9. The summed E-state index contributed by atoms with van der Waals surface area (Å²) < 4.78 is 2.13. The summed E-state index contributed by atoms with van der Waals surface area (Å²) in [6.07, 6.45) is 6.15. The molecule has 0 aliphatic rings. The third kappa shape index (κ3) is 2.27. The summed E-state index contributed by atoms with van der Waals surface area (Å²) in [6, 6.07) is 1.58. The zero-order chi connectivity index (χ0) is 11.5. The van der Waals surface area contributed by atoms with Crippen molar-refractivity contribution in [1.29, 1.82) is 0 Å². The van der Waals surface area contributed by atoms with E-state index in [4.69, 9.17) is 0 Å². The van der Waals surface area contributed by atoms with Crippen molar-refractivity contribution in [3.05, 3.63) is 41.2 Å². The Balaban J connectivity index is 2.15. The molecule has 5 nitrogen and oxygen atoms in total. The third-order valence-electron chi connectivity index (χ3n) is 2.00. The van der Waals surface area contributed by atoms with Gasteiger partial charge in [0, 0.05) is 12.4 Å². The van der Waals surface area contributed by atoms with E-state index < -0.39 is 0 Å². The summed E-state index contributed by atoms with van der Waals surface area (Å²) in [4.78, 5) is 19.5. The second-order valence-corrected chi connectivity index (χ2v) is 3.98. The Kier molecular flexibility index (Phi) is 3.00. The molecule has 2 rings (SSSR count). The van der Waals surface area contributed by atoms with Crippen LogP contribution in [0.4, 0.5) is 10.5 Å². The highest BCUT2D eigenvalue weighted by Crippen LogP contribution is 2.16. The minimum Gasteiger partial charge on any atom is -0.306 e. The molecule has 2 aromatic heterocycles. The molecule has 0 saturated carbocycles. The molecule has 0 bridgehead atoms.